The molecule has 3 rings (SSSR count). The zero-order chi connectivity index (χ0) is 24.4. The molecule has 0 radical (unpaired) electrons. The van der Waals surface area contributed by atoms with Gasteiger partial charge in [-0.25, -0.2) is 13.8 Å². The number of aliphatic carboxylic acids is 1. The van der Waals surface area contributed by atoms with Gasteiger partial charge >= 0.3 is 19.4 Å². The lowest BCUT2D eigenvalue weighted by molar-refractivity contribution is -0.138. The van der Waals surface area contributed by atoms with Gasteiger partial charge in [0.05, 0.1) is 6.61 Å². The number of carbonyl (C=O) groups is 1. The number of halogens is 2. The van der Waals surface area contributed by atoms with Crippen LogP contribution in [0.15, 0.2) is 52.2 Å². The van der Waals surface area contributed by atoms with Crippen molar-refractivity contribution in [3.63, 3.8) is 0 Å². The van der Waals surface area contributed by atoms with Gasteiger partial charge in [0.2, 0.25) is 4.58 Å². The van der Waals surface area contributed by atoms with Gasteiger partial charge in [-0.1, -0.05) is 18.2 Å². The Labute approximate surface area is 194 Å². The molecule has 15 heteroatoms. The molecule has 180 valence electrons. The van der Waals surface area contributed by atoms with Crippen LogP contribution in [0.25, 0.3) is 0 Å². The molecule has 12 nitrogen and oxygen atoms in total. The van der Waals surface area contributed by atoms with Crippen LogP contribution in [-0.4, -0.2) is 55.2 Å². The number of rotatable bonds is 9. The fraction of sp³-hybridized carbons (Fsp3) is 0.389. The van der Waals surface area contributed by atoms with Gasteiger partial charge in [-0.05, 0) is 35.0 Å². The van der Waals surface area contributed by atoms with Gasteiger partial charge in [0.15, 0.2) is 6.23 Å². The van der Waals surface area contributed by atoms with E-state index in [2.05, 4.69) is 21.0 Å². The quantitative estimate of drug-likeness (QED) is 0.261. The molecule has 0 amide bonds. The van der Waals surface area contributed by atoms with Crippen LogP contribution in [0.4, 0.5) is 4.39 Å². The molecule has 2 heterocycles. The number of nitrogens with zero attached hydrogens (tertiary/aromatic N) is 1. The lowest BCUT2D eigenvalue weighted by atomic mass is 10.1. The average molecular weight is 552 g/mol. The molecule has 33 heavy (non-hydrogen) atoms. The second-order valence-corrected chi connectivity index (χ2v) is 9.96. The maximum Gasteiger partial charge on any atom is 0.459 e. The molecule has 1 aliphatic heterocycles. The Bertz CT molecular complexity index is 1160. The van der Waals surface area contributed by atoms with E-state index in [1.165, 1.54) is 19.1 Å². The lowest BCUT2D eigenvalue weighted by Gasteiger charge is -2.24. The molecule has 1 aromatic heterocycles. The van der Waals surface area contributed by atoms with Crippen LogP contribution in [0.1, 0.15) is 13.2 Å². The third-order valence-electron chi connectivity index (χ3n) is 4.58. The van der Waals surface area contributed by atoms with E-state index < -0.39 is 60.6 Å². The summed E-state index contributed by atoms with van der Waals surface area (Å²) in [5, 5.41) is 21.8. The van der Waals surface area contributed by atoms with E-state index in [1.807, 2.05) is 4.98 Å². The Morgan fingerprint density at radius 1 is 1.39 bits per heavy atom. The van der Waals surface area contributed by atoms with E-state index in [0.29, 0.717) is 4.57 Å². The average Bonchev–Trinajstić information content (AvgIpc) is 2.96. The van der Waals surface area contributed by atoms with Crippen LogP contribution in [0, 0.1) is 0 Å². The number of ether oxygens (including phenoxy) is 1. The second kappa shape index (κ2) is 9.87. The minimum absolute atomic E-state index is 0.0943. The highest BCUT2D eigenvalue weighted by molar-refractivity contribution is 9.10. The Morgan fingerprint density at radius 2 is 2.06 bits per heavy atom. The lowest BCUT2D eigenvalue weighted by Crippen LogP contribution is -2.41. The number of H-pyrrole nitrogens is 1. The van der Waals surface area contributed by atoms with E-state index >= 15 is 4.39 Å². The largest absolute Gasteiger partial charge is 0.480 e. The Kier molecular flexibility index (Phi) is 7.56. The highest BCUT2D eigenvalue weighted by Crippen LogP contribution is 2.49. The number of nitrogens with one attached hydrogen (secondary N) is 2. The van der Waals surface area contributed by atoms with Gasteiger partial charge in [0.1, 0.15) is 24.0 Å². The summed E-state index contributed by atoms with van der Waals surface area (Å²) in [5.41, 5.74) is -1.70. The van der Waals surface area contributed by atoms with Crippen molar-refractivity contribution in [2.75, 3.05) is 6.61 Å². The van der Waals surface area contributed by atoms with Gasteiger partial charge in [-0.15, -0.1) is 0 Å². The summed E-state index contributed by atoms with van der Waals surface area (Å²) in [5.74, 6) is -1.25. The molecular weight excluding hydrogens is 532 g/mol. The molecule has 1 aliphatic rings. The molecule has 1 unspecified atom stereocenters. The Morgan fingerprint density at radius 3 is 2.67 bits per heavy atom. The number of benzene rings is 1. The summed E-state index contributed by atoms with van der Waals surface area (Å²) >= 11 is 2.70. The molecule has 0 bridgehead atoms. The predicted octanol–water partition coefficient (Wildman–Crippen LogP) is 1.12. The molecule has 6 atom stereocenters. The van der Waals surface area contributed by atoms with Crippen LogP contribution in [-0.2, 0) is 18.6 Å². The molecule has 1 aromatic carbocycles. The number of carboxylic acids is 1. The van der Waals surface area contributed by atoms with E-state index in [-0.39, 0.29) is 5.75 Å². The molecule has 4 N–H and O–H groups in total. The number of para-hydroxylation sites is 1. The van der Waals surface area contributed by atoms with Crippen LogP contribution in [0.3, 0.4) is 0 Å². The van der Waals surface area contributed by atoms with Gasteiger partial charge < -0.3 is 19.5 Å². The molecule has 0 saturated carbocycles. The van der Waals surface area contributed by atoms with Gasteiger partial charge in [0, 0.05) is 12.3 Å². The first-order chi connectivity index (χ1) is 15.4. The smallest absolute Gasteiger partial charge is 0.459 e. The molecule has 0 aliphatic carbocycles. The number of aromatic nitrogens is 2. The fourth-order valence-corrected chi connectivity index (χ4v) is 5.02. The molecule has 1 fully saturated rings. The fourth-order valence-electron chi connectivity index (χ4n) is 2.89. The summed E-state index contributed by atoms with van der Waals surface area (Å²) in [6, 6.07) is 7.35. The Hall–Kier alpha value is -2.35. The summed E-state index contributed by atoms with van der Waals surface area (Å²) in [7, 11) is -4.36. The minimum Gasteiger partial charge on any atom is -0.480 e. The number of aromatic amines is 1. The summed E-state index contributed by atoms with van der Waals surface area (Å²) in [4.78, 5) is 36.4. The molecule has 0 spiro atoms. The van der Waals surface area contributed by atoms with E-state index in [1.54, 1.807) is 18.2 Å². The zero-order valence-corrected chi connectivity index (χ0v) is 19.4. The first kappa shape index (κ1) is 25.3. The monoisotopic (exact) mass is 551 g/mol. The van der Waals surface area contributed by atoms with Crippen molar-refractivity contribution in [1.82, 2.24) is 14.6 Å². The van der Waals surface area contributed by atoms with Crippen molar-refractivity contribution in [3.05, 3.63) is 63.4 Å². The number of carboxylic acid groups (broad SMARTS) is 1. The van der Waals surface area contributed by atoms with E-state index in [0.717, 1.165) is 12.3 Å². The highest BCUT2D eigenvalue weighted by Gasteiger charge is 2.57. The summed E-state index contributed by atoms with van der Waals surface area (Å²) in [6.07, 6.45) is -4.11. The van der Waals surface area contributed by atoms with Gasteiger partial charge in [-0.3, -0.25) is 23.7 Å². The van der Waals surface area contributed by atoms with E-state index in [9.17, 15) is 24.1 Å². The van der Waals surface area contributed by atoms with Crippen LogP contribution in [0.2, 0.25) is 0 Å². The SMILES string of the molecule is C[C@H](NP(=O)(OC[C@H]1O[C@@H](n2ccc(=O)[nH]c2=O)[C@@](F)(Br)[C@@H]1O)Oc1ccccc1)C(=O)O. The maximum absolute atomic E-state index is 15.2. The number of alkyl halides is 2. The van der Waals surface area contributed by atoms with Crippen molar-refractivity contribution in [3.8, 4) is 5.75 Å². The third-order valence-corrected chi connectivity index (χ3v) is 7.09. The van der Waals surface area contributed by atoms with Crippen molar-refractivity contribution < 1.29 is 37.7 Å². The second-order valence-electron chi connectivity index (χ2n) is 7.05. The van der Waals surface area contributed by atoms with Gasteiger partial charge in [-0.2, -0.15) is 5.09 Å². The van der Waals surface area contributed by atoms with Crippen LogP contribution < -0.4 is 20.9 Å². The molecule has 1 saturated heterocycles. The number of aliphatic hydroxyl groups is 1. The number of aliphatic hydroxyl groups excluding tert-OH is 1. The maximum atomic E-state index is 15.2. The standard InChI is InChI=1S/C18H20BrFN3O9P/c1-10(15(26)27)22-33(29,32-11-5-3-2-4-6-11)30-9-12-14(25)18(19,20)16(31-12)23-8-7-13(24)21-17(23)28/h2-8,10,12,14,16,25H,9H2,1H3,(H,22,29)(H,26,27)(H,21,24,28)/t10-,12+,14+,16+,18+,33?/m0/s1. The summed E-state index contributed by atoms with van der Waals surface area (Å²) in [6.45, 7) is 0.494. The van der Waals surface area contributed by atoms with E-state index in [4.69, 9.17) is 18.9 Å². The van der Waals surface area contributed by atoms with Crippen molar-refractivity contribution in [2.24, 2.45) is 0 Å². The van der Waals surface area contributed by atoms with Crippen LogP contribution >= 0.6 is 23.7 Å². The topological polar surface area (TPSA) is 169 Å². The third kappa shape index (κ3) is 5.78. The normalized spacial score (nSPS) is 27.6. The number of hydrogen-bond donors (Lipinski definition) is 4. The highest BCUT2D eigenvalue weighted by atomic mass is 79.9. The first-order valence-corrected chi connectivity index (χ1v) is 11.8. The molecule has 2 aromatic rings. The summed E-state index contributed by atoms with van der Waals surface area (Å²) < 4.78 is 42.5. The van der Waals surface area contributed by atoms with Crippen LogP contribution in [0.5, 0.6) is 5.75 Å². The van der Waals surface area contributed by atoms with Crippen molar-refractivity contribution in [2.45, 2.75) is 36.0 Å². The molecular formula is C18H20BrFN3O9P. The predicted molar refractivity (Wildman–Crippen MR) is 115 cm³/mol. The first-order valence-electron chi connectivity index (χ1n) is 9.45. The minimum atomic E-state index is -4.36. The van der Waals surface area contributed by atoms with Gasteiger partial charge in [0.25, 0.3) is 5.56 Å². The van der Waals surface area contributed by atoms with Crippen molar-refractivity contribution >= 4 is 29.6 Å². The van der Waals surface area contributed by atoms with Crippen molar-refractivity contribution in [1.29, 1.82) is 0 Å². The Balaban J connectivity index is 1.80. The number of hydrogen-bond acceptors (Lipinski definition) is 8. The zero-order valence-electron chi connectivity index (χ0n) is 17.0.